The van der Waals surface area contributed by atoms with Gasteiger partial charge < -0.3 is 15.5 Å². The number of hydrogen-bond donors (Lipinski definition) is 2. The number of carbonyl (C=O) groups excluding carboxylic acids is 2. The van der Waals surface area contributed by atoms with Gasteiger partial charge in [0.1, 0.15) is 0 Å². The monoisotopic (exact) mass is 845 g/mol. The molecule has 0 aromatic heterocycles. The maximum Gasteiger partial charge on any atom is 0.220 e. The Hall–Kier alpha value is -1.14. The Balaban J connectivity index is 2.51. The molecular formula is C54H108N4O2. The number of nitrogens with zero attached hydrogens (tertiary/aromatic N) is 2. The highest BCUT2D eigenvalue weighted by Crippen LogP contribution is 2.23. The van der Waals surface area contributed by atoms with Gasteiger partial charge in [0.2, 0.25) is 11.8 Å². The second kappa shape index (κ2) is 43.1. The summed E-state index contributed by atoms with van der Waals surface area (Å²) in [7, 11) is 0. The van der Waals surface area contributed by atoms with E-state index in [1.807, 2.05) is 0 Å². The third-order valence-corrected chi connectivity index (χ3v) is 14.0. The molecule has 0 bridgehead atoms. The lowest BCUT2D eigenvalue weighted by molar-refractivity contribution is -0.122. The predicted molar refractivity (Wildman–Crippen MR) is 264 cm³/mol. The molecule has 2 unspecified atom stereocenters. The third-order valence-electron chi connectivity index (χ3n) is 14.0. The normalized spacial score (nSPS) is 14.6. The molecule has 1 aliphatic rings. The maximum absolute atomic E-state index is 12.9. The van der Waals surface area contributed by atoms with E-state index in [1.54, 1.807) is 0 Å². The highest BCUT2D eigenvalue weighted by molar-refractivity contribution is 5.76. The molecule has 0 aromatic carbocycles. The van der Waals surface area contributed by atoms with E-state index in [4.69, 9.17) is 0 Å². The average Bonchev–Trinajstić information content (AvgIpc) is 3.26. The lowest BCUT2D eigenvalue weighted by atomic mass is 9.94. The fourth-order valence-electron chi connectivity index (χ4n) is 9.78. The number of amides is 2. The number of nitrogens with one attached hydrogen (secondary N) is 2. The summed E-state index contributed by atoms with van der Waals surface area (Å²) in [5.74, 6) is 1.83. The lowest BCUT2D eigenvalue weighted by Crippen LogP contribution is -2.42. The molecule has 1 aliphatic carbocycles. The van der Waals surface area contributed by atoms with Crippen molar-refractivity contribution in [1.82, 2.24) is 20.4 Å². The van der Waals surface area contributed by atoms with Crippen molar-refractivity contribution in [3.05, 3.63) is 0 Å². The van der Waals surface area contributed by atoms with Crippen molar-refractivity contribution in [1.29, 1.82) is 0 Å². The Morgan fingerprint density at radius 3 is 1.20 bits per heavy atom. The van der Waals surface area contributed by atoms with Crippen molar-refractivity contribution in [2.75, 3.05) is 45.8 Å². The molecule has 0 aliphatic heterocycles. The first-order valence-electron chi connectivity index (χ1n) is 27.5. The molecule has 0 spiro atoms. The Labute approximate surface area is 376 Å². The summed E-state index contributed by atoms with van der Waals surface area (Å²) in [4.78, 5) is 31.4. The van der Waals surface area contributed by atoms with Crippen LogP contribution in [-0.4, -0.2) is 73.5 Å². The molecule has 2 atom stereocenters. The first-order valence-corrected chi connectivity index (χ1v) is 27.5. The van der Waals surface area contributed by atoms with Crippen LogP contribution in [0.4, 0.5) is 0 Å². The molecule has 356 valence electrons. The topological polar surface area (TPSA) is 64.7 Å². The Morgan fingerprint density at radius 2 is 0.800 bits per heavy atom. The fourth-order valence-corrected chi connectivity index (χ4v) is 9.78. The molecule has 0 heterocycles. The summed E-state index contributed by atoms with van der Waals surface area (Å²) in [5.41, 5.74) is 0. The summed E-state index contributed by atoms with van der Waals surface area (Å²) in [5, 5.41) is 6.72. The molecule has 60 heavy (non-hydrogen) atoms. The van der Waals surface area contributed by atoms with Crippen molar-refractivity contribution in [2.24, 2.45) is 11.8 Å². The molecule has 1 fully saturated rings. The molecule has 0 aromatic rings. The average molecular weight is 845 g/mol. The van der Waals surface area contributed by atoms with Gasteiger partial charge in [-0.15, -0.1) is 0 Å². The van der Waals surface area contributed by atoms with Crippen LogP contribution in [0.3, 0.4) is 0 Å². The molecule has 2 amide bonds. The van der Waals surface area contributed by atoms with Crippen LogP contribution < -0.4 is 10.6 Å². The third kappa shape index (κ3) is 34.4. The number of rotatable bonds is 45. The second-order valence-electron chi connectivity index (χ2n) is 19.5. The fraction of sp³-hybridized carbons (Fsp3) is 0.963. The number of hydrogen-bond acceptors (Lipinski definition) is 4. The van der Waals surface area contributed by atoms with E-state index in [1.165, 1.54) is 206 Å². The van der Waals surface area contributed by atoms with Gasteiger partial charge in [-0.3, -0.25) is 14.5 Å². The van der Waals surface area contributed by atoms with E-state index >= 15 is 0 Å². The van der Waals surface area contributed by atoms with Crippen LogP contribution in [-0.2, 0) is 9.59 Å². The zero-order chi connectivity index (χ0) is 43.6. The highest BCUT2D eigenvalue weighted by Gasteiger charge is 2.20. The summed E-state index contributed by atoms with van der Waals surface area (Å²) in [6, 6.07) is 0.770. The molecule has 1 saturated carbocycles. The minimum absolute atomic E-state index is 0.267. The summed E-state index contributed by atoms with van der Waals surface area (Å²) < 4.78 is 0. The lowest BCUT2D eigenvalue weighted by Gasteiger charge is -2.35. The van der Waals surface area contributed by atoms with Gasteiger partial charge in [-0.25, -0.2) is 0 Å². The van der Waals surface area contributed by atoms with E-state index in [0.29, 0.717) is 24.7 Å². The molecule has 0 radical (unpaired) electrons. The van der Waals surface area contributed by atoms with Gasteiger partial charge in [0, 0.05) is 45.1 Å². The minimum Gasteiger partial charge on any atom is -0.356 e. The van der Waals surface area contributed by atoms with Gasteiger partial charge >= 0.3 is 0 Å². The predicted octanol–water partition coefficient (Wildman–Crippen LogP) is 15.0. The van der Waals surface area contributed by atoms with Crippen LogP contribution in [0.2, 0.25) is 0 Å². The van der Waals surface area contributed by atoms with Crippen LogP contribution in [0, 0.1) is 11.8 Å². The Bertz CT molecular complexity index is 865. The number of unbranched alkanes of at least 4 members (excludes halogenated alkanes) is 20. The van der Waals surface area contributed by atoms with E-state index in [0.717, 1.165) is 71.0 Å². The standard InChI is InChI=1S/C54H108N4O2/c1-6-11-15-19-21-28-38-50(36-26-17-13-8-3)48-55-53(59)42-32-24-34-44-57(46-47-58(10-5)52-40-30-23-31-41-52)45-35-25-33-43-54(60)56-49-51(37-27-18-14-9-4)39-29-22-20-16-12-7-2/h50-52H,6-49H2,1-5H3,(H,55,59)(H,56,60). The van der Waals surface area contributed by atoms with Gasteiger partial charge in [-0.2, -0.15) is 0 Å². The van der Waals surface area contributed by atoms with Gasteiger partial charge in [0.25, 0.3) is 0 Å². The van der Waals surface area contributed by atoms with E-state index in [9.17, 15) is 9.59 Å². The van der Waals surface area contributed by atoms with E-state index in [2.05, 4.69) is 55.1 Å². The zero-order valence-corrected chi connectivity index (χ0v) is 41.6. The quantitative estimate of drug-likeness (QED) is 0.0599. The zero-order valence-electron chi connectivity index (χ0n) is 41.6. The molecule has 6 nitrogen and oxygen atoms in total. The maximum atomic E-state index is 12.9. The summed E-state index contributed by atoms with van der Waals surface area (Å²) >= 11 is 0. The summed E-state index contributed by atoms with van der Waals surface area (Å²) in [6.45, 7) is 19.0. The Morgan fingerprint density at radius 1 is 0.433 bits per heavy atom. The van der Waals surface area contributed by atoms with Gasteiger partial charge in [0.15, 0.2) is 0 Å². The molecule has 2 N–H and O–H groups in total. The van der Waals surface area contributed by atoms with Crippen molar-refractivity contribution in [2.45, 2.75) is 278 Å². The second-order valence-corrected chi connectivity index (χ2v) is 19.5. The smallest absolute Gasteiger partial charge is 0.220 e. The van der Waals surface area contributed by atoms with Crippen molar-refractivity contribution in [3.8, 4) is 0 Å². The van der Waals surface area contributed by atoms with Gasteiger partial charge in [-0.1, -0.05) is 195 Å². The van der Waals surface area contributed by atoms with E-state index in [-0.39, 0.29) is 11.8 Å². The number of carbonyl (C=O) groups is 2. The molecule has 0 saturated heterocycles. The van der Waals surface area contributed by atoms with Crippen LogP contribution in [0.15, 0.2) is 0 Å². The largest absolute Gasteiger partial charge is 0.356 e. The van der Waals surface area contributed by atoms with Crippen LogP contribution in [0.1, 0.15) is 272 Å². The SMILES string of the molecule is CCCCCCCCC(CCCCCC)CNC(=O)CCCCCN(CCCCCC(=O)NCC(CCCCCC)CCCCCCCC)CCN(CC)C1CCCCC1. The molecule has 1 rings (SSSR count). The van der Waals surface area contributed by atoms with Gasteiger partial charge in [-0.05, 0) is 95.7 Å². The van der Waals surface area contributed by atoms with Crippen LogP contribution >= 0.6 is 0 Å². The van der Waals surface area contributed by atoms with E-state index < -0.39 is 0 Å². The molecular weight excluding hydrogens is 737 g/mol. The van der Waals surface area contributed by atoms with Crippen molar-refractivity contribution in [3.63, 3.8) is 0 Å². The van der Waals surface area contributed by atoms with Crippen LogP contribution in [0.5, 0.6) is 0 Å². The van der Waals surface area contributed by atoms with Gasteiger partial charge in [0.05, 0.1) is 0 Å². The first-order chi connectivity index (χ1) is 29.5. The first kappa shape index (κ1) is 56.9. The van der Waals surface area contributed by atoms with Crippen LogP contribution in [0.25, 0.3) is 0 Å². The Kier molecular flexibility index (Phi) is 40.9. The molecule has 6 heteroatoms. The highest BCUT2D eigenvalue weighted by atomic mass is 16.2. The van der Waals surface area contributed by atoms with Crippen molar-refractivity contribution >= 4 is 11.8 Å². The number of likely N-dealkylation sites (N-methyl/N-ethyl adjacent to an activating group) is 1. The minimum atomic E-state index is 0.267. The summed E-state index contributed by atoms with van der Waals surface area (Å²) in [6.07, 6.45) is 46.7. The van der Waals surface area contributed by atoms with Crippen molar-refractivity contribution < 1.29 is 9.59 Å².